The molecule has 26 heavy (non-hydrogen) atoms. The number of aromatic nitrogens is 7. The Balaban J connectivity index is 1.49. The number of hydrogen-bond acceptors (Lipinski definition) is 8. The van der Waals surface area contributed by atoms with Crippen LogP contribution in [0.25, 0.3) is 22.2 Å². The first-order valence-electron chi connectivity index (χ1n) is 8.06. The van der Waals surface area contributed by atoms with E-state index in [0.717, 1.165) is 22.0 Å². The van der Waals surface area contributed by atoms with Gasteiger partial charge in [0, 0.05) is 12.4 Å². The van der Waals surface area contributed by atoms with Crippen molar-refractivity contribution in [2.24, 2.45) is 0 Å². The third-order valence-corrected chi connectivity index (χ3v) is 4.58. The van der Waals surface area contributed by atoms with Gasteiger partial charge in [0.2, 0.25) is 5.13 Å². The molecule has 0 bridgehead atoms. The van der Waals surface area contributed by atoms with E-state index in [1.54, 1.807) is 12.4 Å². The number of H-pyrrole nitrogens is 1. The molecule has 1 atom stereocenters. The second-order valence-corrected chi connectivity index (χ2v) is 6.73. The third-order valence-electron chi connectivity index (χ3n) is 3.71. The predicted molar refractivity (Wildman–Crippen MR) is 99.5 cm³/mol. The zero-order valence-electron chi connectivity index (χ0n) is 14.2. The number of aryl methyl sites for hydroxylation is 1. The van der Waals surface area contributed by atoms with Crippen LogP contribution in [0.4, 0.5) is 5.13 Å². The minimum Gasteiger partial charge on any atom is -0.350 e. The summed E-state index contributed by atoms with van der Waals surface area (Å²) >= 11 is 1.44. The van der Waals surface area contributed by atoms with E-state index in [4.69, 9.17) is 0 Å². The van der Waals surface area contributed by atoms with E-state index in [9.17, 15) is 0 Å². The predicted octanol–water partition coefficient (Wildman–Crippen LogP) is 3.26. The standard InChI is InChI=1S/C17H16N8S/c1-10-6-8-19-13(9-10)15-21-14(22-23-15)11(2)20-17-25-24-16(26-17)12-5-3-4-7-18-12/h3-9,11H,1-2H3,(H,20,25)(H,21,22,23). The monoisotopic (exact) mass is 364 g/mol. The Kier molecular flexibility index (Phi) is 4.36. The van der Waals surface area contributed by atoms with Gasteiger partial charge in [0.15, 0.2) is 10.8 Å². The van der Waals surface area contributed by atoms with Gasteiger partial charge in [0.1, 0.15) is 17.2 Å². The molecule has 2 N–H and O–H groups in total. The van der Waals surface area contributed by atoms with E-state index in [1.807, 2.05) is 44.2 Å². The molecule has 0 fully saturated rings. The quantitative estimate of drug-likeness (QED) is 0.560. The lowest BCUT2D eigenvalue weighted by Gasteiger charge is -2.08. The van der Waals surface area contributed by atoms with Crippen LogP contribution in [-0.4, -0.2) is 35.3 Å². The molecule has 4 aromatic rings. The minimum absolute atomic E-state index is 0.106. The van der Waals surface area contributed by atoms with Crippen LogP contribution in [0.1, 0.15) is 24.4 Å². The summed E-state index contributed by atoms with van der Waals surface area (Å²) in [5, 5.41) is 20.3. The van der Waals surface area contributed by atoms with Crippen molar-refractivity contribution >= 4 is 16.5 Å². The Hall–Kier alpha value is -3.20. The van der Waals surface area contributed by atoms with Gasteiger partial charge in [-0.15, -0.1) is 10.2 Å². The minimum atomic E-state index is -0.106. The first kappa shape index (κ1) is 16.3. The molecule has 8 nitrogen and oxygen atoms in total. The van der Waals surface area contributed by atoms with Crippen LogP contribution in [0.15, 0.2) is 42.7 Å². The van der Waals surface area contributed by atoms with Crippen LogP contribution in [-0.2, 0) is 0 Å². The molecule has 0 aliphatic carbocycles. The first-order valence-corrected chi connectivity index (χ1v) is 8.87. The lowest BCUT2D eigenvalue weighted by molar-refractivity contribution is 0.791. The van der Waals surface area contributed by atoms with Gasteiger partial charge >= 0.3 is 0 Å². The van der Waals surface area contributed by atoms with E-state index in [-0.39, 0.29) is 6.04 Å². The molecule has 0 saturated heterocycles. The molecule has 0 radical (unpaired) electrons. The number of hydrogen-bond donors (Lipinski definition) is 2. The summed E-state index contributed by atoms with van der Waals surface area (Å²) in [7, 11) is 0. The van der Waals surface area contributed by atoms with Crippen molar-refractivity contribution < 1.29 is 0 Å². The van der Waals surface area contributed by atoms with Crippen molar-refractivity contribution in [3.8, 4) is 22.2 Å². The molecule has 0 saturated carbocycles. The number of nitrogens with one attached hydrogen (secondary N) is 2. The molecule has 0 aliphatic rings. The van der Waals surface area contributed by atoms with Crippen LogP contribution in [0.2, 0.25) is 0 Å². The number of aromatic amines is 1. The van der Waals surface area contributed by atoms with Gasteiger partial charge in [-0.05, 0) is 43.7 Å². The maximum atomic E-state index is 4.54. The third kappa shape index (κ3) is 3.42. The van der Waals surface area contributed by atoms with Crippen LogP contribution < -0.4 is 5.32 Å². The number of nitrogens with zero attached hydrogens (tertiary/aromatic N) is 6. The Bertz CT molecular complexity index is 1010. The van der Waals surface area contributed by atoms with Gasteiger partial charge in [-0.2, -0.15) is 5.10 Å². The van der Waals surface area contributed by atoms with Crippen molar-refractivity contribution in [2.75, 3.05) is 5.32 Å². The second kappa shape index (κ2) is 6.96. The Morgan fingerprint density at radius 2 is 1.96 bits per heavy atom. The fourth-order valence-corrected chi connectivity index (χ4v) is 3.18. The molecule has 0 amide bonds. The number of pyridine rings is 2. The Labute approximate surface area is 153 Å². The molecule has 0 aliphatic heterocycles. The van der Waals surface area contributed by atoms with Gasteiger partial charge < -0.3 is 5.32 Å². The van der Waals surface area contributed by atoms with Gasteiger partial charge in [0.05, 0.1) is 6.04 Å². The second-order valence-electron chi connectivity index (χ2n) is 5.76. The van der Waals surface area contributed by atoms with Gasteiger partial charge in [-0.25, -0.2) is 4.98 Å². The fourth-order valence-electron chi connectivity index (χ4n) is 2.37. The maximum absolute atomic E-state index is 4.54. The van der Waals surface area contributed by atoms with E-state index in [1.165, 1.54) is 11.3 Å². The van der Waals surface area contributed by atoms with E-state index < -0.39 is 0 Å². The molecular weight excluding hydrogens is 348 g/mol. The van der Waals surface area contributed by atoms with Crippen LogP contribution >= 0.6 is 11.3 Å². The van der Waals surface area contributed by atoms with Crippen LogP contribution in [0.5, 0.6) is 0 Å². The average Bonchev–Trinajstić information content (AvgIpc) is 3.32. The van der Waals surface area contributed by atoms with Crippen molar-refractivity contribution in [3.63, 3.8) is 0 Å². The van der Waals surface area contributed by atoms with Gasteiger partial charge in [-0.1, -0.05) is 17.4 Å². The van der Waals surface area contributed by atoms with Crippen molar-refractivity contribution in [3.05, 3.63) is 54.1 Å². The van der Waals surface area contributed by atoms with Crippen molar-refractivity contribution in [1.82, 2.24) is 35.3 Å². The first-order chi connectivity index (χ1) is 12.7. The van der Waals surface area contributed by atoms with E-state index >= 15 is 0 Å². The van der Waals surface area contributed by atoms with Crippen LogP contribution in [0, 0.1) is 6.92 Å². The SMILES string of the molecule is Cc1ccnc(-c2n[nH]c(C(C)Nc3nnc(-c4ccccn4)s3)n2)c1. The highest BCUT2D eigenvalue weighted by molar-refractivity contribution is 7.18. The van der Waals surface area contributed by atoms with E-state index in [2.05, 4.69) is 40.7 Å². The number of anilines is 1. The highest BCUT2D eigenvalue weighted by Gasteiger charge is 2.15. The zero-order chi connectivity index (χ0) is 17.9. The fraction of sp³-hybridized carbons (Fsp3) is 0.176. The summed E-state index contributed by atoms with van der Waals surface area (Å²) in [6, 6.07) is 9.49. The molecule has 130 valence electrons. The molecule has 0 aromatic carbocycles. The Morgan fingerprint density at radius 3 is 2.77 bits per heavy atom. The summed E-state index contributed by atoms with van der Waals surface area (Å²) in [6.45, 7) is 3.99. The molecule has 1 unspecified atom stereocenters. The number of rotatable bonds is 5. The molecular formula is C17H16N8S. The largest absolute Gasteiger partial charge is 0.350 e. The molecule has 4 rings (SSSR count). The average molecular weight is 364 g/mol. The van der Waals surface area contributed by atoms with Gasteiger partial charge in [-0.3, -0.25) is 15.1 Å². The zero-order valence-corrected chi connectivity index (χ0v) is 15.0. The van der Waals surface area contributed by atoms with Crippen molar-refractivity contribution in [2.45, 2.75) is 19.9 Å². The van der Waals surface area contributed by atoms with E-state index in [0.29, 0.717) is 16.8 Å². The van der Waals surface area contributed by atoms with Crippen molar-refractivity contribution in [1.29, 1.82) is 0 Å². The summed E-state index contributed by atoms with van der Waals surface area (Å²) in [6.07, 6.45) is 3.49. The normalized spacial score (nSPS) is 12.1. The summed E-state index contributed by atoms with van der Waals surface area (Å²) in [5.41, 5.74) is 2.66. The lowest BCUT2D eigenvalue weighted by atomic mass is 10.2. The molecule has 4 heterocycles. The molecule has 4 aromatic heterocycles. The maximum Gasteiger partial charge on any atom is 0.206 e. The highest BCUT2D eigenvalue weighted by Crippen LogP contribution is 2.27. The van der Waals surface area contributed by atoms with Gasteiger partial charge in [0.25, 0.3) is 0 Å². The molecule has 0 spiro atoms. The smallest absolute Gasteiger partial charge is 0.206 e. The Morgan fingerprint density at radius 1 is 1.08 bits per heavy atom. The molecule has 9 heteroatoms. The summed E-state index contributed by atoms with van der Waals surface area (Å²) < 4.78 is 0. The lowest BCUT2D eigenvalue weighted by Crippen LogP contribution is -2.08. The topological polar surface area (TPSA) is 105 Å². The van der Waals surface area contributed by atoms with Crippen LogP contribution in [0.3, 0.4) is 0 Å². The highest BCUT2D eigenvalue weighted by atomic mass is 32.1. The summed E-state index contributed by atoms with van der Waals surface area (Å²) in [4.78, 5) is 13.1. The summed E-state index contributed by atoms with van der Waals surface area (Å²) in [5.74, 6) is 1.28.